The molecule has 2 aromatic rings. The number of aryl methyl sites for hydroxylation is 1. The molecule has 10 heteroatoms. The lowest BCUT2D eigenvalue weighted by Crippen LogP contribution is -2.50. The lowest BCUT2D eigenvalue weighted by Gasteiger charge is -2.40. The van der Waals surface area contributed by atoms with Crippen LogP contribution in [0.4, 0.5) is 23.7 Å². The summed E-state index contributed by atoms with van der Waals surface area (Å²) in [5.41, 5.74) is 1.69. The fourth-order valence-electron chi connectivity index (χ4n) is 5.14. The topological polar surface area (TPSA) is 66.9 Å². The number of benzene rings is 2. The van der Waals surface area contributed by atoms with Gasteiger partial charge in [0.25, 0.3) is 0 Å². The molecule has 0 spiro atoms. The Balaban J connectivity index is 1.45. The number of alkyl halides is 3. The summed E-state index contributed by atoms with van der Waals surface area (Å²) in [7, 11) is -4.35. The molecule has 0 unspecified atom stereocenters. The molecule has 202 valence electrons. The quantitative estimate of drug-likeness (QED) is 0.341. The summed E-state index contributed by atoms with van der Waals surface area (Å²) in [6, 6.07) is 9.94. The first-order chi connectivity index (χ1) is 17.6. The first-order valence-electron chi connectivity index (χ1n) is 12.9. The molecule has 2 aliphatic heterocycles. The number of carbonyl (C=O) groups is 1. The molecule has 0 radical (unpaired) electrons. The van der Waals surface area contributed by atoms with E-state index in [1.165, 1.54) is 43.4 Å². The number of nitrogens with zero attached hydrogens (tertiary/aromatic N) is 2. The van der Waals surface area contributed by atoms with Crippen LogP contribution in [0.2, 0.25) is 0 Å². The van der Waals surface area contributed by atoms with Crippen LogP contribution in [-0.4, -0.2) is 37.9 Å². The van der Waals surface area contributed by atoms with E-state index in [0.29, 0.717) is 12.8 Å². The van der Waals surface area contributed by atoms with Crippen molar-refractivity contribution < 1.29 is 31.1 Å². The number of amides is 1. The number of fused-ring (bicyclic) bond motifs is 1. The van der Waals surface area contributed by atoms with Crippen LogP contribution >= 0.6 is 0 Å². The number of sulfonamides is 1. The number of anilines is 1. The van der Waals surface area contributed by atoms with Crippen molar-refractivity contribution in [2.45, 2.75) is 82.0 Å². The van der Waals surface area contributed by atoms with E-state index < -0.39 is 32.8 Å². The van der Waals surface area contributed by atoms with Crippen LogP contribution in [0.3, 0.4) is 0 Å². The van der Waals surface area contributed by atoms with E-state index in [-0.39, 0.29) is 25.7 Å². The van der Waals surface area contributed by atoms with Gasteiger partial charge in [-0.15, -0.1) is 0 Å². The maximum Gasteiger partial charge on any atom is 0.417 e. The maximum atomic E-state index is 13.4. The minimum Gasteiger partial charge on any atom is -0.444 e. The summed E-state index contributed by atoms with van der Waals surface area (Å²) >= 11 is 0. The van der Waals surface area contributed by atoms with Gasteiger partial charge in [-0.1, -0.05) is 56.9 Å². The summed E-state index contributed by atoms with van der Waals surface area (Å²) in [5.74, 6) is 0. The molecule has 1 amide bonds. The molecule has 6 nitrogen and oxygen atoms in total. The van der Waals surface area contributed by atoms with Crippen molar-refractivity contribution in [3.05, 3.63) is 59.2 Å². The molecular formula is C27H33F3N2O4S. The van der Waals surface area contributed by atoms with Gasteiger partial charge < -0.3 is 4.74 Å². The number of piperidine rings is 1. The molecule has 2 aliphatic rings. The Kier molecular flexibility index (Phi) is 8.48. The Labute approximate surface area is 216 Å². The third kappa shape index (κ3) is 6.12. The van der Waals surface area contributed by atoms with E-state index in [0.717, 1.165) is 40.5 Å². The van der Waals surface area contributed by atoms with Crippen molar-refractivity contribution in [3.63, 3.8) is 0 Å². The number of hydrogen-bond acceptors (Lipinski definition) is 4. The zero-order valence-corrected chi connectivity index (χ0v) is 21.8. The largest absolute Gasteiger partial charge is 0.444 e. The average Bonchev–Trinajstić information content (AvgIpc) is 2.88. The second kappa shape index (κ2) is 11.4. The van der Waals surface area contributed by atoms with Crippen LogP contribution < -0.4 is 4.90 Å². The van der Waals surface area contributed by atoms with Crippen molar-refractivity contribution in [2.24, 2.45) is 0 Å². The molecule has 4 rings (SSSR count). The van der Waals surface area contributed by atoms with Gasteiger partial charge in [0.15, 0.2) is 0 Å². The maximum absolute atomic E-state index is 13.4. The molecule has 37 heavy (non-hydrogen) atoms. The number of rotatable bonds is 9. The number of hydrogen-bond donors (Lipinski definition) is 0. The van der Waals surface area contributed by atoms with Gasteiger partial charge in [-0.25, -0.2) is 13.2 Å². The fourth-order valence-corrected chi connectivity index (χ4v) is 6.82. The Morgan fingerprint density at radius 1 is 1.00 bits per heavy atom. The fraction of sp³-hybridized carbons (Fsp3) is 0.519. The van der Waals surface area contributed by atoms with E-state index in [1.807, 2.05) is 12.1 Å². The smallest absolute Gasteiger partial charge is 0.417 e. The molecule has 2 heterocycles. The molecule has 2 aromatic carbocycles. The predicted octanol–water partition coefficient (Wildman–Crippen LogP) is 6.53. The summed E-state index contributed by atoms with van der Waals surface area (Å²) in [5, 5.41) is 0. The van der Waals surface area contributed by atoms with Gasteiger partial charge in [0.05, 0.1) is 16.1 Å². The SMILES string of the molecule is CCCCCCCc1ccc2c(c1)COC(=O)N2C1CCN(S(=O)(=O)c2ccccc2C(F)(F)F)CC1. The van der Waals surface area contributed by atoms with E-state index in [2.05, 4.69) is 13.0 Å². The van der Waals surface area contributed by atoms with Crippen molar-refractivity contribution >= 4 is 21.8 Å². The summed E-state index contributed by atoms with van der Waals surface area (Å²) in [4.78, 5) is 13.6. The number of ether oxygens (including phenoxy) is 1. The summed E-state index contributed by atoms with van der Waals surface area (Å²) in [6.45, 7) is 2.39. The normalized spacial score (nSPS) is 17.5. The standard InChI is InChI=1S/C27H33F3N2O4S/c1-2-3-4-5-6-9-20-12-13-24-21(18-20)19-36-26(33)32(24)22-14-16-31(17-15-22)37(34,35)25-11-8-7-10-23(25)27(28,29)30/h7-8,10-13,18,22H,2-6,9,14-17,19H2,1H3. The highest BCUT2D eigenvalue weighted by Gasteiger charge is 2.41. The molecular weight excluding hydrogens is 505 g/mol. The Hall–Kier alpha value is -2.59. The van der Waals surface area contributed by atoms with Crippen molar-refractivity contribution in [1.29, 1.82) is 0 Å². The molecule has 0 atom stereocenters. The average molecular weight is 539 g/mol. The minimum atomic E-state index is -4.78. The van der Waals surface area contributed by atoms with Gasteiger partial charge in [0.2, 0.25) is 10.0 Å². The van der Waals surface area contributed by atoms with Crippen molar-refractivity contribution in [2.75, 3.05) is 18.0 Å². The molecule has 0 aromatic heterocycles. The minimum absolute atomic E-state index is 0.00808. The Morgan fingerprint density at radius 3 is 2.41 bits per heavy atom. The van der Waals surface area contributed by atoms with E-state index in [1.54, 1.807) is 4.90 Å². The lowest BCUT2D eigenvalue weighted by molar-refractivity contribution is -0.139. The number of carbonyl (C=O) groups excluding carboxylic acids is 1. The van der Waals surface area contributed by atoms with Gasteiger partial charge in [-0.2, -0.15) is 17.5 Å². The number of cyclic esters (lactones) is 1. The van der Waals surface area contributed by atoms with Gasteiger partial charge in [0, 0.05) is 24.7 Å². The van der Waals surface area contributed by atoms with E-state index in [9.17, 15) is 26.4 Å². The molecule has 0 N–H and O–H groups in total. The third-order valence-electron chi connectivity index (χ3n) is 7.12. The Bertz CT molecular complexity index is 1210. The first-order valence-corrected chi connectivity index (χ1v) is 14.3. The summed E-state index contributed by atoms with van der Waals surface area (Å²) < 4.78 is 73.0. The Morgan fingerprint density at radius 2 is 1.70 bits per heavy atom. The monoisotopic (exact) mass is 538 g/mol. The van der Waals surface area contributed by atoms with E-state index in [4.69, 9.17) is 4.74 Å². The van der Waals surface area contributed by atoms with Crippen molar-refractivity contribution in [1.82, 2.24) is 4.31 Å². The first kappa shape index (κ1) is 27.4. The number of unbranched alkanes of at least 4 members (excludes halogenated alkanes) is 4. The second-order valence-corrected chi connectivity index (χ2v) is 11.6. The molecule has 0 aliphatic carbocycles. The van der Waals surface area contributed by atoms with Crippen LogP contribution in [-0.2, 0) is 34.0 Å². The van der Waals surface area contributed by atoms with Gasteiger partial charge >= 0.3 is 12.3 Å². The zero-order valence-electron chi connectivity index (χ0n) is 21.0. The molecule has 1 saturated heterocycles. The molecule has 0 saturated carbocycles. The zero-order chi connectivity index (χ0) is 26.6. The highest BCUT2D eigenvalue weighted by molar-refractivity contribution is 7.89. The number of halogens is 3. The molecule has 0 bridgehead atoms. The summed E-state index contributed by atoms with van der Waals surface area (Å²) in [6.07, 6.45) is 2.23. The highest BCUT2D eigenvalue weighted by atomic mass is 32.2. The van der Waals surface area contributed by atoms with Gasteiger partial charge in [0.1, 0.15) is 6.61 Å². The molecule has 1 fully saturated rings. The van der Waals surface area contributed by atoms with Crippen LogP contribution in [0, 0.1) is 0 Å². The van der Waals surface area contributed by atoms with Gasteiger partial charge in [-0.3, -0.25) is 4.90 Å². The van der Waals surface area contributed by atoms with E-state index >= 15 is 0 Å². The third-order valence-corrected chi connectivity index (χ3v) is 9.08. The van der Waals surface area contributed by atoms with Crippen LogP contribution in [0.1, 0.15) is 68.6 Å². The van der Waals surface area contributed by atoms with Crippen molar-refractivity contribution in [3.8, 4) is 0 Å². The van der Waals surface area contributed by atoms with Crippen LogP contribution in [0.5, 0.6) is 0 Å². The second-order valence-electron chi connectivity index (χ2n) is 9.68. The van der Waals surface area contributed by atoms with Gasteiger partial charge in [-0.05, 0) is 49.4 Å². The lowest BCUT2D eigenvalue weighted by atomic mass is 9.99. The van der Waals surface area contributed by atoms with Crippen LogP contribution in [0.15, 0.2) is 47.4 Å². The highest BCUT2D eigenvalue weighted by Crippen LogP contribution is 2.37. The predicted molar refractivity (Wildman–Crippen MR) is 135 cm³/mol. The van der Waals surface area contributed by atoms with Crippen LogP contribution in [0.25, 0.3) is 0 Å².